The number of urea groups is 1. The second-order valence-corrected chi connectivity index (χ2v) is 5.25. The van der Waals surface area contributed by atoms with Crippen LogP contribution in [0.4, 0.5) is 16.4 Å². The molecule has 0 saturated heterocycles. The van der Waals surface area contributed by atoms with Crippen LogP contribution in [0.5, 0.6) is 0 Å². The molecule has 3 N–H and O–H groups in total. The van der Waals surface area contributed by atoms with E-state index in [1.807, 2.05) is 0 Å². The van der Waals surface area contributed by atoms with Crippen LogP contribution in [-0.2, 0) is 13.0 Å². The number of hydrogen-bond donors (Lipinski definition) is 2. The van der Waals surface area contributed by atoms with Gasteiger partial charge in [-0.1, -0.05) is 17.7 Å². The van der Waals surface area contributed by atoms with E-state index in [1.54, 1.807) is 35.4 Å². The fraction of sp³-hybridized carbons (Fsp3) is 0.214. The SMILES string of the molecule is Nc1ncc2c(n1)CN(C(=O)Nc1cccc(Cl)c1)CC2. The van der Waals surface area contributed by atoms with Gasteiger partial charge >= 0.3 is 6.03 Å². The fourth-order valence-corrected chi connectivity index (χ4v) is 2.45. The van der Waals surface area contributed by atoms with Crippen molar-refractivity contribution >= 4 is 29.3 Å². The summed E-state index contributed by atoms with van der Waals surface area (Å²) in [6.07, 6.45) is 2.45. The molecule has 2 heterocycles. The molecule has 0 radical (unpaired) electrons. The molecule has 1 aromatic carbocycles. The van der Waals surface area contributed by atoms with Crippen molar-refractivity contribution in [3.8, 4) is 0 Å². The van der Waals surface area contributed by atoms with Gasteiger partial charge in [-0.05, 0) is 30.2 Å². The molecule has 0 unspecified atom stereocenters. The maximum Gasteiger partial charge on any atom is 0.322 e. The number of nitrogen functional groups attached to an aromatic ring is 1. The number of fused-ring (bicyclic) bond motifs is 1. The van der Waals surface area contributed by atoms with Crippen LogP contribution < -0.4 is 11.1 Å². The summed E-state index contributed by atoms with van der Waals surface area (Å²) in [4.78, 5) is 22.1. The first-order chi connectivity index (χ1) is 10.1. The van der Waals surface area contributed by atoms with E-state index in [0.29, 0.717) is 23.8 Å². The smallest absolute Gasteiger partial charge is 0.322 e. The first-order valence-electron chi connectivity index (χ1n) is 6.53. The second kappa shape index (κ2) is 5.57. The molecule has 0 saturated carbocycles. The monoisotopic (exact) mass is 303 g/mol. The summed E-state index contributed by atoms with van der Waals surface area (Å²) in [5.41, 5.74) is 8.09. The van der Waals surface area contributed by atoms with Crippen LogP contribution in [0, 0.1) is 0 Å². The predicted molar refractivity (Wildman–Crippen MR) is 81.0 cm³/mol. The van der Waals surface area contributed by atoms with Crippen molar-refractivity contribution in [1.82, 2.24) is 14.9 Å². The molecule has 1 aliphatic heterocycles. The normalized spacial score (nSPS) is 13.7. The molecule has 0 atom stereocenters. The highest BCUT2D eigenvalue weighted by Gasteiger charge is 2.22. The number of halogens is 1. The number of carbonyl (C=O) groups excluding carboxylic acids is 1. The summed E-state index contributed by atoms with van der Waals surface area (Å²) >= 11 is 5.90. The molecule has 2 aromatic rings. The summed E-state index contributed by atoms with van der Waals surface area (Å²) in [7, 11) is 0. The Hall–Kier alpha value is -2.34. The Labute approximate surface area is 126 Å². The molecular formula is C14H14ClN5O. The minimum atomic E-state index is -0.180. The Kier molecular flexibility index (Phi) is 3.62. The Morgan fingerprint density at radius 2 is 2.29 bits per heavy atom. The van der Waals surface area contributed by atoms with Gasteiger partial charge in [0.1, 0.15) is 0 Å². The predicted octanol–water partition coefficient (Wildman–Crippen LogP) is 2.30. The third-order valence-electron chi connectivity index (χ3n) is 3.33. The third kappa shape index (κ3) is 3.05. The van der Waals surface area contributed by atoms with Crippen LogP contribution in [0.25, 0.3) is 0 Å². The summed E-state index contributed by atoms with van der Waals surface area (Å²) in [5, 5.41) is 3.41. The number of anilines is 2. The van der Waals surface area contributed by atoms with Gasteiger partial charge in [-0.25, -0.2) is 14.8 Å². The molecule has 7 heteroatoms. The maximum absolute atomic E-state index is 12.3. The van der Waals surface area contributed by atoms with Crippen LogP contribution in [-0.4, -0.2) is 27.4 Å². The lowest BCUT2D eigenvalue weighted by atomic mass is 10.1. The van der Waals surface area contributed by atoms with E-state index >= 15 is 0 Å². The van der Waals surface area contributed by atoms with E-state index in [1.165, 1.54) is 0 Å². The highest BCUT2D eigenvalue weighted by atomic mass is 35.5. The second-order valence-electron chi connectivity index (χ2n) is 4.81. The lowest BCUT2D eigenvalue weighted by Crippen LogP contribution is -2.39. The average Bonchev–Trinajstić information content (AvgIpc) is 2.46. The van der Waals surface area contributed by atoms with E-state index in [-0.39, 0.29) is 12.0 Å². The standard InChI is InChI=1S/C14H14ClN5O/c15-10-2-1-3-11(6-10)18-14(21)20-5-4-9-7-17-13(16)19-12(9)8-20/h1-3,6-7H,4-5,8H2,(H,18,21)(H2,16,17,19). The maximum atomic E-state index is 12.3. The molecule has 6 nitrogen and oxygen atoms in total. The molecule has 0 spiro atoms. The fourth-order valence-electron chi connectivity index (χ4n) is 2.26. The first-order valence-corrected chi connectivity index (χ1v) is 6.91. The number of rotatable bonds is 1. The highest BCUT2D eigenvalue weighted by Crippen LogP contribution is 2.19. The van der Waals surface area contributed by atoms with Gasteiger partial charge in [0.15, 0.2) is 0 Å². The van der Waals surface area contributed by atoms with E-state index in [2.05, 4.69) is 15.3 Å². The molecule has 0 bridgehead atoms. The number of nitrogens with one attached hydrogen (secondary N) is 1. The van der Waals surface area contributed by atoms with Crippen molar-refractivity contribution in [3.63, 3.8) is 0 Å². The number of aromatic nitrogens is 2. The van der Waals surface area contributed by atoms with Crippen LogP contribution in [0.1, 0.15) is 11.3 Å². The average molecular weight is 304 g/mol. The highest BCUT2D eigenvalue weighted by molar-refractivity contribution is 6.30. The Morgan fingerprint density at radius 1 is 1.43 bits per heavy atom. The van der Waals surface area contributed by atoms with Crippen molar-refractivity contribution in [3.05, 3.63) is 46.7 Å². The van der Waals surface area contributed by atoms with Gasteiger partial charge in [-0.2, -0.15) is 0 Å². The number of benzene rings is 1. The minimum absolute atomic E-state index is 0.180. The van der Waals surface area contributed by atoms with Crippen LogP contribution in [0.3, 0.4) is 0 Å². The van der Waals surface area contributed by atoms with Crippen molar-refractivity contribution in [2.75, 3.05) is 17.6 Å². The van der Waals surface area contributed by atoms with Crippen molar-refractivity contribution < 1.29 is 4.79 Å². The summed E-state index contributed by atoms with van der Waals surface area (Å²) in [6.45, 7) is 1.04. The topological polar surface area (TPSA) is 84.1 Å². The lowest BCUT2D eigenvalue weighted by Gasteiger charge is -2.28. The first kappa shape index (κ1) is 13.6. The number of nitrogens with zero attached hydrogens (tertiary/aromatic N) is 3. The van der Waals surface area contributed by atoms with Gasteiger partial charge in [-0.3, -0.25) is 0 Å². The molecule has 1 aliphatic rings. The molecule has 3 rings (SSSR count). The summed E-state index contributed by atoms with van der Waals surface area (Å²) < 4.78 is 0. The van der Waals surface area contributed by atoms with Crippen LogP contribution >= 0.6 is 11.6 Å². The molecular weight excluding hydrogens is 290 g/mol. The Morgan fingerprint density at radius 3 is 3.10 bits per heavy atom. The summed E-state index contributed by atoms with van der Waals surface area (Å²) in [6, 6.07) is 6.87. The minimum Gasteiger partial charge on any atom is -0.368 e. The number of hydrogen-bond acceptors (Lipinski definition) is 4. The zero-order valence-electron chi connectivity index (χ0n) is 11.2. The van der Waals surface area contributed by atoms with Crippen LogP contribution in [0.2, 0.25) is 5.02 Å². The number of amides is 2. The number of carbonyl (C=O) groups is 1. The Balaban J connectivity index is 1.72. The van der Waals surface area contributed by atoms with Gasteiger partial charge in [-0.15, -0.1) is 0 Å². The molecule has 1 aromatic heterocycles. The van der Waals surface area contributed by atoms with Gasteiger partial charge in [0.2, 0.25) is 5.95 Å². The molecule has 108 valence electrons. The van der Waals surface area contributed by atoms with Crippen molar-refractivity contribution in [1.29, 1.82) is 0 Å². The van der Waals surface area contributed by atoms with E-state index in [0.717, 1.165) is 17.7 Å². The molecule has 0 aliphatic carbocycles. The lowest BCUT2D eigenvalue weighted by molar-refractivity contribution is 0.205. The zero-order chi connectivity index (χ0) is 14.8. The quantitative estimate of drug-likeness (QED) is 0.846. The Bertz CT molecular complexity index is 691. The zero-order valence-corrected chi connectivity index (χ0v) is 12.0. The largest absolute Gasteiger partial charge is 0.368 e. The van der Waals surface area contributed by atoms with Gasteiger partial charge in [0.25, 0.3) is 0 Å². The van der Waals surface area contributed by atoms with Gasteiger partial charge in [0, 0.05) is 23.5 Å². The molecule has 21 heavy (non-hydrogen) atoms. The van der Waals surface area contributed by atoms with Gasteiger partial charge in [0.05, 0.1) is 12.2 Å². The van der Waals surface area contributed by atoms with E-state index in [9.17, 15) is 4.79 Å². The van der Waals surface area contributed by atoms with Crippen molar-refractivity contribution in [2.45, 2.75) is 13.0 Å². The number of nitrogens with two attached hydrogens (primary N) is 1. The van der Waals surface area contributed by atoms with Crippen molar-refractivity contribution in [2.24, 2.45) is 0 Å². The molecule has 2 amide bonds. The van der Waals surface area contributed by atoms with E-state index in [4.69, 9.17) is 17.3 Å². The molecule has 0 fully saturated rings. The summed E-state index contributed by atoms with van der Waals surface area (Å²) in [5.74, 6) is 0.228. The van der Waals surface area contributed by atoms with Gasteiger partial charge < -0.3 is 16.0 Å². The van der Waals surface area contributed by atoms with Crippen LogP contribution in [0.15, 0.2) is 30.5 Å². The third-order valence-corrected chi connectivity index (χ3v) is 3.56. The van der Waals surface area contributed by atoms with E-state index < -0.39 is 0 Å².